The summed E-state index contributed by atoms with van der Waals surface area (Å²) < 4.78 is 0. The van der Waals surface area contributed by atoms with E-state index >= 15 is 0 Å². The molecule has 0 aromatic carbocycles. The molecule has 0 heterocycles. The molecule has 0 aliphatic rings. The van der Waals surface area contributed by atoms with Crippen LogP contribution in [0.15, 0.2) is 0 Å². The molecule has 1 N–H and O–H groups in total. The van der Waals surface area contributed by atoms with Crippen molar-refractivity contribution >= 4 is 8.07 Å². The van der Waals surface area contributed by atoms with E-state index in [4.69, 9.17) is 0 Å². The highest BCUT2D eigenvalue weighted by Crippen LogP contribution is 2.20. The first-order valence-corrected chi connectivity index (χ1v) is 7.28. The van der Waals surface area contributed by atoms with Gasteiger partial charge in [-0.2, -0.15) is 0 Å². The molecule has 0 bridgehead atoms. The maximum Gasteiger partial charge on any atom is 0.0836 e. The maximum absolute atomic E-state index is 9.64. The lowest BCUT2D eigenvalue weighted by atomic mass is 10.5. The predicted octanol–water partition coefficient (Wildman–Crippen LogP) is 2.41. The molecule has 0 aliphatic carbocycles. The molecule has 0 fully saturated rings. The van der Waals surface area contributed by atoms with Gasteiger partial charge in [-0.1, -0.05) is 39.4 Å². The zero-order chi connectivity index (χ0) is 8.20. The van der Waals surface area contributed by atoms with E-state index in [-0.39, 0.29) is 5.73 Å². The van der Waals surface area contributed by atoms with E-state index in [2.05, 4.69) is 27.3 Å². The first-order valence-electron chi connectivity index (χ1n) is 4.28. The Balaban J connectivity index is 4.02. The first kappa shape index (κ1) is 10.2. The van der Waals surface area contributed by atoms with Gasteiger partial charge in [0.1, 0.15) is 0 Å². The van der Waals surface area contributed by atoms with Gasteiger partial charge in [-0.05, 0) is 6.42 Å². The van der Waals surface area contributed by atoms with Crippen LogP contribution < -0.4 is 0 Å². The zero-order valence-electron chi connectivity index (χ0n) is 7.65. The van der Waals surface area contributed by atoms with Gasteiger partial charge in [-0.25, -0.2) is 0 Å². The molecule has 0 spiro atoms. The van der Waals surface area contributed by atoms with Gasteiger partial charge >= 0.3 is 0 Å². The lowest BCUT2D eigenvalue weighted by Crippen LogP contribution is -2.42. The predicted molar refractivity (Wildman–Crippen MR) is 48.9 cm³/mol. The molecule has 62 valence electrons. The fourth-order valence-corrected chi connectivity index (χ4v) is 3.64. The van der Waals surface area contributed by atoms with Crippen LogP contribution in [0.3, 0.4) is 0 Å². The standard InChI is InChI=1S/C8H20OSi/c1-5-8(9)10(4,6-2)7-3/h8-9H,5-7H2,1-4H3. The minimum Gasteiger partial charge on any atom is -0.397 e. The number of aliphatic hydroxyl groups excluding tert-OH is 1. The second-order valence-corrected chi connectivity index (χ2v) is 8.67. The molecular weight excluding hydrogens is 140 g/mol. The Bertz CT molecular complexity index is 89.3. The third kappa shape index (κ3) is 2.10. The van der Waals surface area contributed by atoms with E-state index in [1.54, 1.807) is 0 Å². The van der Waals surface area contributed by atoms with Crippen molar-refractivity contribution in [2.24, 2.45) is 0 Å². The van der Waals surface area contributed by atoms with Gasteiger partial charge in [-0.15, -0.1) is 0 Å². The average Bonchev–Trinajstić information content (AvgIpc) is 2.01. The van der Waals surface area contributed by atoms with Gasteiger partial charge in [0, 0.05) is 5.73 Å². The van der Waals surface area contributed by atoms with Crippen LogP contribution in [-0.4, -0.2) is 18.9 Å². The smallest absolute Gasteiger partial charge is 0.0836 e. The highest BCUT2D eigenvalue weighted by molar-refractivity contribution is 6.79. The highest BCUT2D eigenvalue weighted by atomic mass is 28.3. The summed E-state index contributed by atoms with van der Waals surface area (Å²) in [4.78, 5) is 0. The van der Waals surface area contributed by atoms with Crippen LogP contribution in [0.5, 0.6) is 0 Å². The van der Waals surface area contributed by atoms with E-state index in [1.807, 2.05) is 0 Å². The fraction of sp³-hybridized carbons (Fsp3) is 1.00. The van der Waals surface area contributed by atoms with Crippen molar-refractivity contribution in [1.29, 1.82) is 0 Å². The van der Waals surface area contributed by atoms with Crippen molar-refractivity contribution in [3.63, 3.8) is 0 Å². The summed E-state index contributed by atoms with van der Waals surface area (Å²) >= 11 is 0. The zero-order valence-corrected chi connectivity index (χ0v) is 8.65. The van der Waals surface area contributed by atoms with Gasteiger partial charge in [0.25, 0.3) is 0 Å². The van der Waals surface area contributed by atoms with Crippen molar-refractivity contribution in [3.8, 4) is 0 Å². The van der Waals surface area contributed by atoms with Crippen LogP contribution in [0.25, 0.3) is 0 Å². The highest BCUT2D eigenvalue weighted by Gasteiger charge is 2.29. The number of aliphatic hydroxyl groups is 1. The first-order chi connectivity index (χ1) is 4.60. The Labute approximate surface area is 65.5 Å². The van der Waals surface area contributed by atoms with Crippen LogP contribution in [0, 0.1) is 0 Å². The van der Waals surface area contributed by atoms with E-state index in [0.29, 0.717) is 0 Å². The second kappa shape index (κ2) is 4.14. The summed E-state index contributed by atoms with van der Waals surface area (Å²) in [5.41, 5.74) is 0.0162. The molecule has 0 aromatic heterocycles. The van der Waals surface area contributed by atoms with Crippen molar-refractivity contribution in [1.82, 2.24) is 0 Å². The van der Waals surface area contributed by atoms with Crippen LogP contribution >= 0.6 is 0 Å². The monoisotopic (exact) mass is 160 g/mol. The van der Waals surface area contributed by atoms with E-state index in [9.17, 15) is 5.11 Å². The van der Waals surface area contributed by atoms with Gasteiger partial charge in [0.15, 0.2) is 0 Å². The average molecular weight is 160 g/mol. The van der Waals surface area contributed by atoms with Crippen LogP contribution in [0.2, 0.25) is 18.6 Å². The van der Waals surface area contributed by atoms with E-state index < -0.39 is 8.07 Å². The van der Waals surface area contributed by atoms with Gasteiger partial charge < -0.3 is 5.11 Å². The Morgan fingerprint density at radius 2 is 1.60 bits per heavy atom. The summed E-state index contributed by atoms with van der Waals surface area (Å²) in [5, 5.41) is 9.64. The molecule has 10 heavy (non-hydrogen) atoms. The quantitative estimate of drug-likeness (QED) is 0.626. The summed E-state index contributed by atoms with van der Waals surface area (Å²) in [6, 6.07) is 2.41. The molecular formula is C8H20OSi. The van der Waals surface area contributed by atoms with E-state index in [1.165, 1.54) is 12.1 Å². The summed E-state index contributed by atoms with van der Waals surface area (Å²) in [5.74, 6) is 0. The molecule has 1 nitrogen and oxygen atoms in total. The maximum atomic E-state index is 9.64. The Morgan fingerprint density at radius 1 is 1.20 bits per heavy atom. The SMILES string of the molecule is CCC(O)[Si](C)(CC)CC. The van der Waals surface area contributed by atoms with Crippen molar-refractivity contribution in [3.05, 3.63) is 0 Å². The second-order valence-electron chi connectivity index (χ2n) is 3.29. The molecule has 2 heteroatoms. The molecule has 0 amide bonds. The number of hydrogen-bond donors (Lipinski definition) is 1. The van der Waals surface area contributed by atoms with Crippen LogP contribution in [0.1, 0.15) is 27.2 Å². The third-order valence-electron chi connectivity index (χ3n) is 2.81. The van der Waals surface area contributed by atoms with Crippen LogP contribution in [0.4, 0.5) is 0 Å². The van der Waals surface area contributed by atoms with Crippen molar-refractivity contribution in [2.75, 3.05) is 0 Å². The molecule has 0 radical (unpaired) electrons. The van der Waals surface area contributed by atoms with Gasteiger partial charge in [0.05, 0.1) is 8.07 Å². The molecule has 0 aromatic rings. The molecule has 1 unspecified atom stereocenters. The van der Waals surface area contributed by atoms with Crippen LogP contribution in [-0.2, 0) is 0 Å². The topological polar surface area (TPSA) is 20.2 Å². The largest absolute Gasteiger partial charge is 0.397 e. The summed E-state index contributed by atoms with van der Waals surface area (Å²) in [7, 11) is -1.25. The lowest BCUT2D eigenvalue weighted by Gasteiger charge is -2.29. The van der Waals surface area contributed by atoms with Gasteiger partial charge in [0.2, 0.25) is 0 Å². The minimum absolute atomic E-state index is 0.0162. The van der Waals surface area contributed by atoms with Crippen molar-refractivity contribution in [2.45, 2.75) is 51.6 Å². The lowest BCUT2D eigenvalue weighted by molar-refractivity contribution is 0.237. The Hall–Kier alpha value is 0.177. The fourth-order valence-electron chi connectivity index (χ4n) is 1.21. The molecule has 1 atom stereocenters. The molecule has 0 saturated carbocycles. The van der Waals surface area contributed by atoms with Crippen molar-refractivity contribution < 1.29 is 5.11 Å². The molecule has 0 saturated heterocycles. The number of hydrogen-bond acceptors (Lipinski definition) is 1. The number of rotatable bonds is 4. The third-order valence-corrected chi connectivity index (χ3v) is 8.05. The Kier molecular flexibility index (Phi) is 4.21. The molecule has 0 aliphatic heterocycles. The molecule has 0 rings (SSSR count). The summed E-state index contributed by atoms with van der Waals surface area (Å²) in [6.45, 7) is 8.77. The minimum atomic E-state index is -1.25. The van der Waals surface area contributed by atoms with E-state index in [0.717, 1.165) is 6.42 Å². The summed E-state index contributed by atoms with van der Waals surface area (Å²) in [6.07, 6.45) is 0.935. The Morgan fingerprint density at radius 3 is 1.70 bits per heavy atom. The van der Waals surface area contributed by atoms with Gasteiger partial charge in [-0.3, -0.25) is 0 Å². The normalized spacial score (nSPS) is 15.3.